The number of benzene rings is 7. The lowest BCUT2D eigenvalue weighted by atomic mass is 10.0. The summed E-state index contributed by atoms with van der Waals surface area (Å²) < 4.78 is 11.3. The monoisotopic (exact) mass is 601 g/mol. The summed E-state index contributed by atoms with van der Waals surface area (Å²) in [4.78, 5) is 5.02. The molecule has 7 aromatic carbocycles. The van der Waals surface area contributed by atoms with E-state index in [0.717, 1.165) is 50.2 Å². The van der Waals surface area contributed by atoms with Crippen molar-refractivity contribution in [3.63, 3.8) is 0 Å². The lowest BCUT2D eigenvalue weighted by molar-refractivity contribution is 0.620. The van der Waals surface area contributed by atoms with E-state index < -0.39 is 0 Å². The largest absolute Gasteiger partial charge is 0.436 e. The van der Waals surface area contributed by atoms with Gasteiger partial charge < -0.3 is 13.6 Å². The van der Waals surface area contributed by atoms with Crippen LogP contribution >= 0.6 is 0 Å². The van der Waals surface area contributed by atoms with Crippen LogP contribution < -0.4 is 0 Å². The van der Waals surface area contributed by atoms with Crippen LogP contribution in [-0.4, -0.2) is 14.1 Å². The molecule has 0 aliphatic rings. The fourth-order valence-corrected chi connectivity index (χ4v) is 7.26. The Hall–Kier alpha value is -6.39. The van der Waals surface area contributed by atoms with Gasteiger partial charge in [-0.2, -0.15) is 0 Å². The molecular formula is C43H27N3O. The highest BCUT2D eigenvalue weighted by atomic mass is 16.3. The number of hydrogen-bond acceptors (Lipinski definition) is 2. The summed E-state index contributed by atoms with van der Waals surface area (Å²) in [6.07, 6.45) is 0. The number of oxazole rings is 1. The van der Waals surface area contributed by atoms with Gasteiger partial charge in [0.2, 0.25) is 5.89 Å². The van der Waals surface area contributed by atoms with Crippen LogP contribution in [0.5, 0.6) is 0 Å². The third kappa shape index (κ3) is 3.92. The molecule has 0 aliphatic carbocycles. The highest BCUT2D eigenvalue weighted by molar-refractivity contribution is 6.13. The molecule has 0 amide bonds. The first-order valence-electron chi connectivity index (χ1n) is 15.9. The zero-order valence-corrected chi connectivity index (χ0v) is 25.3. The number of para-hydroxylation sites is 5. The summed E-state index contributed by atoms with van der Waals surface area (Å²) in [7, 11) is 0. The van der Waals surface area contributed by atoms with Gasteiger partial charge in [-0.25, -0.2) is 4.98 Å². The smallest absolute Gasteiger partial charge is 0.229 e. The van der Waals surface area contributed by atoms with E-state index >= 15 is 0 Å². The fraction of sp³-hybridized carbons (Fsp3) is 0. The number of aromatic nitrogens is 3. The van der Waals surface area contributed by atoms with Crippen LogP contribution in [0, 0.1) is 0 Å². The van der Waals surface area contributed by atoms with Gasteiger partial charge in [0.15, 0.2) is 5.58 Å². The van der Waals surface area contributed by atoms with Gasteiger partial charge in [0.05, 0.1) is 27.6 Å². The van der Waals surface area contributed by atoms with Crippen molar-refractivity contribution in [3.05, 3.63) is 164 Å². The van der Waals surface area contributed by atoms with Gasteiger partial charge in [-0.05, 0) is 71.8 Å². The van der Waals surface area contributed by atoms with Gasteiger partial charge in [0.1, 0.15) is 5.52 Å². The predicted octanol–water partition coefficient (Wildman–Crippen LogP) is 11.4. The fourth-order valence-electron chi connectivity index (χ4n) is 7.26. The van der Waals surface area contributed by atoms with Crippen LogP contribution in [0.25, 0.3) is 88.7 Å². The Labute approximate surface area is 270 Å². The second-order valence-electron chi connectivity index (χ2n) is 12.0. The van der Waals surface area contributed by atoms with Crippen molar-refractivity contribution >= 4 is 54.7 Å². The lowest BCUT2D eigenvalue weighted by Crippen LogP contribution is -1.95. The van der Waals surface area contributed by atoms with Gasteiger partial charge in [-0.3, -0.25) is 0 Å². The Morgan fingerprint density at radius 2 is 1.00 bits per heavy atom. The van der Waals surface area contributed by atoms with Crippen molar-refractivity contribution in [1.82, 2.24) is 14.1 Å². The van der Waals surface area contributed by atoms with Crippen molar-refractivity contribution < 1.29 is 4.42 Å². The SMILES string of the molecule is c1ccc(-n2c3ccccc3c3ccc(-c4ccc5nc(-c6cccc7c8ccccc8n(-c8ccccc8)c67)oc5c4)cc32)cc1. The maximum Gasteiger partial charge on any atom is 0.229 e. The van der Waals surface area contributed by atoms with Crippen molar-refractivity contribution in [2.24, 2.45) is 0 Å². The van der Waals surface area contributed by atoms with E-state index in [9.17, 15) is 0 Å². The molecule has 0 aliphatic heterocycles. The van der Waals surface area contributed by atoms with E-state index in [0.29, 0.717) is 5.89 Å². The van der Waals surface area contributed by atoms with Crippen LogP contribution in [0.4, 0.5) is 0 Å². The third-order valence-corrected chi connectivity index (χ3v) is 9.35. The van der Waals surface area contributed by atoms with Crippen LogP contribution in [0.3, 0.4) is 0 Å². The molecule has 0 radical (unpaired) electrons. The molecule has 0 fully saturated rings. The number of rotatable bonds is 4. The Balaban J connectivity index is 1.15. The summed E-state index contributed by atoms with van der Waals surface area (Å²) in [5.41, 5.74) is 11.6. The van der Waals surface area contributed by atoms with Crippen molar-refractivity contribution in [2.45, 2.75) is 0 Å². The third-order valence-electron chi connectivity index (χ3n) is 9.35. The summed E-state index contributed by atoms with van der Waals surface area (Å²) in [6.45, 7) is 0. The Kier molecular flexibility index (Phi) is 5.54. The molecule has 3 aromatic heterocycles. The molecule has 10 aromatic rings. The molecule has 0 saturated heterocycles. The predicted molar refractivity (Wildman–Crippen MR) is 194 cm³/mol. The quantitative estimate of drug-likeness (QED) is 0.201. The molecule has 0 spiro atoms. The standard InChI is InChI=1S/C43H27N3O/c1-3-12-30(13-4-1)45-38-20-9-7-16-32(38)34-24-22-28(26-40(34)45)29-23-25-37-41(27-29)47-43(44-37)36-19-11-18-35-33-17-8-10-21-39(33)46(42(35)36)31-14-5-2-6-15-31/h1-27H. The first-order chi connectivity index (χ1) is 23.3. The summed E-state index contributed by atoms with van der Waals surface area (Å²) in [6, 6.07) is 57.7. The normalized spacial score (nSPS) is 11.8. The number of nitrogens with zero attached hydrogens (tertiary/aromatic N) is 3. The molecule has 10 rings (SSSR count). The maximum atomic E-state index is 6.61. The summed E-state index contributed by atoms with van der Waals surface area (Å²) in [5.74, 6) is 0.613. The van der Waals surface area contributed by atoms with E-state index in [1.165, 1.54) is 32.6 Å². The first kappa shape index (κ1) is 25.9. The number of fused-ring (bicyclic) bond motifs is 7. The average Bonchev–Trinajstić information content (AvgIpc) is 3.82. The molecule has 0 atom stereocenters. The second-order valence-corrected chi connectivity index (χ2v) is 12.0. The van der Waals surface area contributed by atoms with Crippen molar-refractivity contribution in [3.8, 4) is 34.0 Å². The molecule has 0 saturated carbocycles. The average molecular weight is 602 g/mol. The molecule has 47 heavy (non-hydrogen) atoms. The van der Waals surface area contributed by atoms with Crippen LogP contribution in [0.1, 0.15) is 0 Å². The van der Waals surface area contributed by atoms with Gasteiger partial charge >= 0.3 is 0 Å². The van der Waals surface area contributed by atoms with E-state index in [4.69, 9.17) is 9.40 Å². The minimum absolute atomic E-state index is 0.613. The number of hydrogen-bond donors (Lipinski definition) is 0. The van der Waals surface area contributed by atoms with Crippen LogP contribution in [0.15, 0.2) is 168 Å². The van der Waals surface area contributed by atoms with Gasteiger partial charge in [0, 0.05) is 32.9 Å². The zero-order valence-electron chi connectivity index (χ0n) is 25.3. The molecule has 4 heteroatoms. The van der Waals surface area contributed by atoms with E-state index in [1.807, 2.05) is 0 Å². The molecular weight excluding hydrogens is 574 g/mol. The highest BCUT2D eigenvalue weighted by Gasteiger charge is 2.20. The lowest BCUT2D eigenvalue weighted by Gasteiger charge is -2.09. The minimum Gasteiger partial charge on any atom is -0.436 e. The second kappa shape index (κ2) is 10.1. The van der Waals surface area contributed by atoms with Gasteiger partial charge in [-0.15, -0.1) is 0 Å². The first-order valence-corrected chi connectivity index (χ1v) is 15.9. The molecule has 220 valence electrons. The van der Waals surface area contributed by atoms with Crippen LogP contribution in [-0.2, 0) is 0 Å². The Morgan fingerprint density at radius 1 is 0.426 bits per heavy atom. The summed E-state index contributed by atoms with van der Waals surface area (Å²) >= 11 is 0. The molecule has 0 unspecified atom stereocenters. The maximum absolute atomic E-state index is 6.61. The topological polar surface area (TPSA) is 35.9 Å². The molecule has 0 bridgehead atoms. The van der Waals surface area contributed by atoms with Crippen molar-refractivity contribution in [1.29, 1.82) is 0 Å². The minimum atomic E-state index is 0.613. The Morgan fingerprint density at radius 3 is 1.77 bits per heavy atom. The Bertz CT molecular complexity index is 2780. The van der Waals surface area contributed by atoms with E-state index in [1.54, 1.807) is 0 Å². The van der Waals surface area contributed by atoms with Crippen molar-refractivity contribution in [2.75, 3.05) is 0 Å². The van der Waals surface area contributed by atoms with E-state index in [-0.39, 0.29) is 0 Å². The molecule has 0 N–H and O–H groups in total. The highest BCUT2D eigenvalue weighted by Crippen LogP contribution is 2.40. The van der Waals surface area contributed by atoms with E-state index in [2.05, 4.69) is 173 Å². The van der Waals surface area contributed by atoms with Gasteiger partial charge in [0.25, 0.3) is 0 Å². The van der Waals surface area contributed by atoms with Crippen LogP contribution in [0.2, 0.25) is 0 Å². The zero-order chi connectivity index (χ0) is 30.9. The summed E-state index contributed by atoms with van der Waals surface area (Å²) in [5, 5.41) is 4.86. The van der Waals surface area contributed by atoms with Gasteiger partial charge in [-0.1, -0.05) is 103 Å². The molecule has 3 heterocycles. The molecule has 4 nitrogen and oxygen atoms in total.